The summed E-state index contributed by atoms with van der Waals surface area (Å²) in [7, 11) is 0.779. The molecule has 20 heavy (non-hydrogen) atoms. The molecule has 9 heteroatoms. The Morgan fingerprint density at radius 1 is 1.55 bits per heavy atom. The van der Waals surface area contributed by atoms with Crippen molar-refractivity contribution in [3.8, 4) is 0 Å². The Hall–Kier alpha value is -1.61. The Bertz CT molecular complexity index is 608. The number of hydrogen-bond donors (Lipinski definition) is 2. The van der Waals surface area contributed by atoms with E-state index in [1.165, 1.54) is 18.8 Å². The lowest BCUT2D eigenvalue weighted by molar-refractivity contribution is -0.124. The molecule has 114 valence electrons. The summed E-state index contributed by atoms with van der Waals surface area (Å²) in [4.78, 5) is 11.5. The fraction of sp³-hybridized carbons (Fsp3) is 0.636. The number of rotatable bonds is 5. The van der Waals surface area contributed by atoms with Gasteiger partial charge in [0.1, 0.15) is 4.90 Å². The lowest BCUT2D eigenvalue weighted by Crippen LogP contribution is -2.37. The van der Waals surface area contributed by atoms with Crippen molar-refractivity contribution in [1.29, 1.82) is 0 Å². The SMILES string of the molecule is CNC(=O)C(C)CN(C)S(=O)(=O)c1c(N)nn(C)c1C. The highest BCUT2D eigenvalue weighted by molar-refractivity contribution is 7.89. The number of carbonyl (C=O) groups excluding carboxylic acids is 1. The van der Waals surface area contributed by atoms with E-state index in [1.807, 2.05) is 0 Å². The Kier molecular flexibility index (Phi) is 4.77. The molecule has 1 aromatic heterocycles. The van der Waals surface area contributed by atoms with E-state index in [0.29, 0.717) is 5.69 Å². The van der Waals surface area contributed by atoms with E-state index in [1.54, 1.807) is 20.9 Å². The van der Waals surface area contributed by atoms with Crippen LogP contribution in [0.15, 0.2) is 4.90 Å². The monoisotopic (exact) mass is 303 g/mol. The standard InChI is InChI=1S/C11H21N5O3S/c1-7(11(17)13-3)6-15(4)20(18,19)9-8(2)16(5)14-10(9)12/h7H,6H2,1-5H3,(H2,12,14)(H,13,17). The van der Waals surface area contributed by atoms with Crippen LogP contribution in [0.25, 0.3) is 0 Å². The quantitative estimate of drug-likeness (QED) is 0.748. The van der Waals surface area contributed by atoms with Crippen LogP contribution in [0.4, 0.5) is 5.82 Å². The Labute approximate surface area is 119 Å². The Balaban J connectivity index is 3.08. The molecule has 0 radical (unpaired) electrons. The highest BCUT2D eigenvalue weighted by Gasteiger charge is 2.30. The molecule has 0 bridgehead atoms. The molecule has 1 rings (SSSR count). The fourth-order valence-electron chi connectivity index (χ4n) is 1.90. The molecule has 1 atom stereocenters. The molecule has 0 aliphatic carbocycles. The molecule has 0 saturated carbocycles. The van der Waals surface area contributed by atoms with Crippen LogP contribution in [0.3, 0.4) is 0 Å². The average Bonchev–Trinajstić information content (AvgIpc) is 2.62. The molecule has 0 fully saturated rings. The minimum atomic E-state index is -3.77. The number of nitrogens with one attached hydrogen (secondary N) is 1. The van der Waals surface area contributed by atoms with Crippen LogP contribution in [-0.2, 0) is 21.9 Å². The largest absolute Gasteiger partial charge is 0.381 e. The van der Waals surface area contributed by atoms with Gasteiger partial charge in [-0.15, -0.1) is 0 Å². The second kappa shape index (κ2) is 5.80. The lowest BCUT2D eigenvalue weighted by atomic mass is 10.2. The van der Waals surface area contributed by atoms with Gasteiger partial charge in [-0.05, 0) is 6.92 Å². The van der Waals surface area contributed by atoms with Gasteiger partial charge in [0.25, 0.3) is 0 Å². The van der Waals surface area contributed by atoms with Crippen molar-refractivity contribution in [2.75, 3.05) is 26.4 Å². The highest BCUT2D eigenvalue weighted by atomic mass is 32.2. The smallest absolute Gasteiger partial charge is 0.248 e. The molecule has 1 unspecified atom stereocenters. The minimum absolute atomic E-state index is 0.00777. The third kappa shape index (κ3) is 2.93. The topological polar surface area (TPSA) is 110 Å². The van der Waals surface area contributed by atoms with Gasteiger partial charge in [-0.3, -0.25) is 9.48 Å². The van der Waals surface area contributed by atoms with Crippen molar-refractivity contribution in [3.63, 3.8) is 0 Å². The maximum Gasteiger partial charge on any atom is 0.248 e. The van der Waals surface area contributed by atoms with Crippen LogP contribution in [0.5, 0.6) is 0 Å². The van der Waals surface area contributed by atoms with Crippen LogP contribution in [0.1, 0.15) is 12.6 Å². The van der Waals surface area contributed by atoms with Crippen LogP contribution >= 0.6 is 0 Å². The van der Waals surface area contributed by atoms with Crippen molar-refractivity contribution in [2.24, 2.45) is 13.0 Å². The number of hydrogen-bond acceptors (Lipinski definition) is 5. The van der Waals surface area contributed by atoms with Gasteiger partial charge in [-0.25, -0.2) is 8.42 Å². The number of nitrogen functional groups attached to an aromatic ring is 1. The third-order valence-corrected chi connectivity index (χ3v) is 5.19. The summed E-state index contributed by atoms with van der Waals surface area (Å²) in [5.74, 6) is -0.717. The number of carbonyl (C=O) groups is 1. The molecule has 8 nitrogen and oxygen atoms in total. The first-order valence-corrected chi connectivity index (χ1v) is 7.54. The predicted molar refractivity (Wildman–Crippen MR) is 75.4 cm³/mol. The van der Waals surface area contributed by atoms with Gasteiger partial charge in [0.05, 0.1) is 5.69 Å². The molecule has 3 N–H and O–H groups in total. The summed E-state index contributed by atoms with van der Waals surface area (Å²) in [6, 6.07) is 0. The molecule has 1 heterocycles. The second-order valence-corrected chi connectivity index (χ2v) is 6.71. The fourth-order valence-corrected chi connectivity index (χ4v) is 3.44. The molecule has 0 aromatic carbocycles. The maximum absolute atomic E-state index is 12.5. The summed E-state index contributed by atoms with van der Waals surface area (Å²) in [5, 5.41) is 6.39. The van der Waals surface area contributed by atoms with E-state index in [4.69, 9.17) is 5.73 Å². The van der Waals surface area contributed by atoms with Gasteiger partial charge in [0.2, 0.25) is 15.9 Å². The molecule has 0 spiro atoms. The van der Waals surface area contributed by atoms with E-state index in [9.17, 15) is 13.2 Å². The molecular weight excluding hydrogens is 282 g/mol. The zero-order chi connectivity index (χ0) is 15.7. The number of sulfonamides is 1. The first-order valence-electron chi connectivity index (χ1n) is 6.09. The van der Waals surface area contributed by atoms with Crippen molar-refractivity contribution < 1.29 is 13.2 Å². The third-order valence-electron chi connectivity index (χ3n) is 3.20. The van der Waals surface area contributed by atoms with Gasteiger partial charge in [-0.1, -0.05) is 6.92 Å². The summed E-state index contributed by atoms with van der Waals surface area (Å²) in [6.45, 7) is 3.35. The van der Waals surface area contributed by atoms with E-state index >= 15 is 0 Å². The van der Waals surface area contributed by atoms with Crippen molar-refractivity contribution >= 4 is 21.7 Å². The molecule has 0 aliphatic heterocycles. The van der Waals surface area contributed by atoms with Gasteiger partial charge in [0, 0.05) is 33.6 Å². The highest BCUT2D eigenvalue weighted by Crippen LogP contribution is 2.24. The van der Waals surface area contributed by atoms with E-state index in [-0.39, 0.29) is 23.2 Å². The number of amides is 1. The molecule has 1 amide bonds. The molecule has 0 saturated heterocycles. The zero-order valence-corrected chi connectivity index (χ0v) is 13.2. The Morgan fingerprint density at radius 3 is 2.50 bits per heavy atom. The van der Waals surface area contributed by atoms with Gasteiger partial charge < -0.3 is 11.1 Å². The minimum Gasteiger partial charge on any atom is -0.381 e. The van der Waals surface area contributed by atoms with E-state index < -0.39 is 15.9 Å². The summed E-state index contributed by atoms with van der Waals surface area (Å²) >= 11 is 0. The molecular formula is C11H21N5O3S. The maximum atomic E-state index is 12.5. The number of nitrogens with two attached hydrogens (primary N) is 1. The lowest BCUT2D eigenvalue weighted by Gasteiger charge is -2.20. The second-order valence-electron chi connectivity index (χ2n) is 4.72. The number of nitrogens with zero attached hydrogens (tertiary/aromatic N) is 3. The normalized spacial score (nSPS) is 13.5. The van der Waals surface area contributed by atoms with Crippen molar-refractivity contribution in [3.05, 3.63) is 5.69 Å². The summed E-state index contributed by atoms with van der Waals surface area (Å²) < 4.78 is 27.5. The van der Waals surface area contributed by atoms with E-state index in [0.717, 1.165) is 4.31 Å². The average molecular weight is 303 g/mol. The van der Waals surface area contributed by atoms with Crippen molar-refractivity contribution in [1.82, 2.24) is 19.4 Å². The predicted octanol–water partition coefficient (Wildman–Crippen LogP) is -0.687. The summed E-state index contributed by atoms with van der Waals surface area (Å²) in [6.07, 6.45) is 0. The van der Waals surface area contributed by atoms with Crippen LogP contribution in [-0.4, -0.2) is 49.1 Å². The first-order chi connectivity index (χ1) is 9.12. The van der Waals surface area contributed by atoms with Gasteiger partial charge in [-0.2, -0.15) is 9.40 Å². The number of anilines is 1. The van der Waals surface area contributed by atoms with Crippen molar-refractivity contribution in [2.45, 2.75) is 18.7 Å². The van der Waals surface area contributed by atoms with Crippen LogP contribution in [0, 0.1) is 12.8 Å². The molecule has 1 aromatic rings. The zero-order valence-electron chi connectivity index (χ0n) is 12.3. The summed E-state index contributed by atoms with van der Waals surface area (Å²) in [5.41, 5.74) is 6.13. The van der Waals surface area contributed by atoms with Gasteiger partial charge in [0.15, 0.2) is 5.82 Å². The molecule has 0 aliphatic rings. The van der Waals surface area contributed by atoms with Gasteiger partial charge >= 0.3 is 0 Å². The Morgan fingerprint density at radius 2 is 2.10 bits per heavy atom. The van der Waals surface area contributed by atoms with Crippen LogP contribution in [0.2, 0.25) is 0 Å². The number of aryl methyl sites for hydroxylation is 1. The number of aromatic nitrogens is 2. The van der Waals surface area contributed by atoms with Crippen LogP contribution < -0.4 is 11.1 Å². The first kappa shape index (κ1) is 16.4. The van der Waals surface area contributed by atoms with E-state index in [2.05, 4.69) is 10.4 Å².